The molecule has 29 heavy (non-hydrogen) atoms. The number of para-hydroxylation sites is 1. The molecule has 0 saturated carbocycles. The number of ether oxygens (including phenoxy) is 4. The Kier molecular flexibility index (Phi) is 8.20. The van der Waals surface area contributed by atoms with Crippen molar-refractivity contribution in [3.63, 3.8) is 0 Å². The SMILES string of the molecule is COc1ccc(CCNC(=O)COC(=O)c2ccccc2OC(F)F)cc1OC. The molecule has 0 aliphatic rings. The highest BCUT2D eigenvalue weighted by atomic mass is 19.3. The van der Waals surface area contributed by atoms with E-state index in [2.05, 4.69) is 10.1 Å². The molecule has 1 N–H and O–H groups in total. The van der Waals surface area contributed by atoms with E-state index in [-0.39, 0.29) is 11.3 Å². The molecule has 2 aromatic carbocycles. The summed E-state index contributed by atoms with van der Waals surface area (Å²) in [4.78, 5) is 23.9. The van der Waals surface area contributed by atoms with Gasteiger partial charge >= 0.3 is 12.6 Å². The molecule has 0 saturated heterocycles. The van der Waals surface area contributed by atoms with Gasteiger partial charge in [-0.25, -0.2) is 4.79 Å². The molecule has 0 unspecified atom stereocenters. The van der Waals surface area contributed by atoms with E-state index in [9.17, 15) is 18.4 Å². The third kappa shape index (κ3) is 6.63. The lowest BCUT2D eigenvalue weighted by molar-refractivity contribution is -0.124. The Morgan fingerprint density at radius 1 is 1.00 bits per heavy atom. The summed E-state index contributed by atoms with van der Waals surface area (Å²) in [6.45, 7) is -3.33. The number of esters is 1. The van der Waals surface area contributed by atoms with Gasteiger partial charge in [0.1, 0.15) is 11.3 Å². The minimum Gasteiger partial charge on any atom is -0.493 e. The lowest BCUT2D eigenvalue weighted by atomic mass is 10.1. The van der Waals surface area contributed by atoms with E-state index in [1.54, 1.807) is 12.1 Å². The van der Waals surface area contributed by atoms with Crippen LogP contribution >= 0.6 is 0 Å². The van der Waals surface area contributed by atoms with Gasteiger partial charge in [-0.2, -0.15) is 8.78 Å². The number of carbonyl (C=O) groups is 2. The number of hydrogen-bond donors (Lipinski definition) is 1. The average Bonchev–Trinajstić information content (AvgIpc) is 2.71. The summed E-state index contributed by atoms with van der Waals surface area (Å²) >= 11 is 0. The fourth-order valence-corrected chi connectivity index (χ4v) is 2.48. The molecule has 0 aliphatic heterocycles. The zero-order chi connectivity index (χ0) is 21.2. The number of carbonyl (C=O) groups excluding carboxylic acids is 2. The summed E-state index contributed by atoms with van der Waals surface area (Å²) in [5.74, 6) is -0.595. The molecule has 0 aliphatic carbocycles. The van der Waals surface area contributed by atoms with Gasteiger partial charge in [-0.1, -0.05) is 18.2 Å². The predicted octanol–water partition coefficient (Wildman–Crippen LogP) is 2.82. The Bertz CT molecular complexity index is 843. The fraction of sp³-hybridized carbons (Fsp3) is 0.300. The molecule has 0 atom stereocenters. The first kappa shape index (κ1) is 21.9. The molecule has 0 radical (unpaired) electrons. The van der Waals surface area contributed by atoms with Crippen LogP contribution < -0.4 is 19.5 Å². The van der Waals surface area contributed by atoms with Gasteiger partial charge in [-0.05, 0) is 36.2 Å². The van der Waals surface area contributed by atoms with Crippen LogP contribution in [0, 0.1) is 0 Å². The van der Waals surface area contributed by atoms with Crippen molar-refractivity contribution in [2.75, 3.05) is 27.4 Å². The molecule has 0 fully saturated rings. The Hall–Kier alpha value is -3.36. The lowest BCUT2D eigenvalue weighted by Gasteiger charge is -2.11. The summed E-state index contributed by atoms with van der Waals surface area (Å²) in [6.07, 6.45) is 0.519. The Labute approximate surface area is 166 Å². The Balaban J connectivity index is 1.81. The normalized spacial score (nSPS) is 10.4. The van der Waals surface area contributed by atoms with E-state index >= 15 is 0 Å². The van der Waals surface area contributed by atoms with Gasteiger partial charge in [0, 0.05) is 6.54 Å². The number of amides is 1. The van der Waals surface area contributed by atoms with Gasteiger partial charge < -0.3 is 24.3 Å². The van der Waals surface area contributed by atoms with Gasteiger partial charge in [0.2, 0.25) is 0 Å². The lowest BCUT2D eigenvalue weighted by Crippen LogP contribution is -2.30. The molecule has 9 heteroatoms. The van der Waals surface area contributed by atoms with Crippen LogP contribution in [-0.2, 0) is 16.0 Å². The summed E-state index contributed by atoms with van der Waals surface area (Å²) in [6, 6.07) is 10.8. The van der Waals surface area contributed by atoms with Crippen LogP contribution in [0.2, 0.25) is 0 Å². The maximum absolute atomic E-state index is 12.4. The number of halogens is 2. The van der Waals surface area contributed by atoms with E-state index in [0.717, 1.165) is 5.56 Å². The molecular weight excluding hydrogens is 388 g/mol. The van der Waals surface area contributed by atoms with Crippen LogP contribution in [0.25, 0.3) is 0 Å². The van der Waals surface area contributed by atoms with Crippen molar-refractivity contribution >= 4 is 11.9 Å². The first-order chi connectivity index (χ1) is 13.9. The summed E-state index contributed by atoms with van der Waals surface area (Å²) in [7, 11) is 3.07. The Morgan fingerprint density at radius 2 is 1.72 bits per heavy atom. The van der Waals surface area contributed by atoms with Crippen molar-refractivity contribution in [2.24, 2.45) is 0 Å². The van der Waals surface area contributed by atoms with E-state index in [4.69, 9.17) is 14.2 Å². The zero-order valence-electron chi connectivity index (χ0n) is 15.9. The quantitative estimate of drug-likeness (QED) is 0.608. The smallest absolute Gasteiger partial charge is 0.387 e. The number of benzene rings is 2. The first-order valence-electron chi connectivity index (χ1n) is 8.63. The molecule has 0 heterocycles. The van der Waals surface area contributed by atoms with Crippen molar-refractivity contribution in [2.45, 2.75) is 13.0 Å². The highest BCUT2D eigenvalue weighted by Crippen LogP contribution is 2.27. The van der Waals surface area contributed by atoms with Crippen molar-refractivity contribution in [1.82, 2.24) is 5.32 Å². The molecular formula is C20H21F2NO6. The van der Waals surface area contributed by atoms with Crippen LogP contribution in [0.1, 0.15) is 15.9 Å². The maximum atomic E-state index is 12.4. The van der Waals surface area contributed by atoms with Crippen molar-refractivity contribution in [3.05, 3.63) is 53.6 Å². The summed E-state index contributed by atoms with van der Waals surface area (Å²) in [5, 5.41) is 2.61. The van der Waals surface area contributed by atoms with Crippen LogP contribution in [0.4, 0.5) is 8.78 Å². The molecule has 2 rings (SSSR count). The second-order valence-electron chi connectivity index (χ2n) is 5.74. The maximum Gasteiger partial charge on any atom is 0.387 e. The molecule has 0 spiro atoms. The molecule has 7 nitrogen and oxygen atoms in total. The van der Waals surface area contributed by atoms with Crippen molar-refractivity contribution in [3.8, 4) is 17.2 Å². The van der Waals surface area contributed by atoms with Crippen molar-refractivity contribution < 1.29 is 37.3 Å². The number of hydrogen-bond acceptors (Lipinski definition) is 6. The summed E-state index contributed by atoms with van der Waals surface area (Å²) in [5.41, 5.74) is 0.726. The highest BCUT2D eigenvalue weighted by Gasteiger charge is 2.17. The molecule has 0 bridgehead atoms. The van der Waals surface area contributed by atoms with Crippen LogP contribution in [-0.4, -0.2) is 45.9 Å². The van der Waals surface area contributed by atoms with Gasteiger partial charge in [-0.15, -0.1) is 0 Å². The topological polar surface area (TPSA) is 83.1 Å². The largest absolute Gasteiger partial charge is 0.493 e. The Morgan fingerprint density at radius 3 is 2.41 bits per heavy atom. The minimum atomic E-state index is -3.08. The van der Waals surface area contributed by atoms with Gasteiger partial charge in [0.15, 0.2) is 18.1 Å². The average molecular weight is 409 g/mol. The van der Waals surface area contributed by atoms with Gasteiger partial charge in [0.25, 0.3) is 5.91 Å². The zero-order valence-corrected chi connectivity index (χ0v) is 15.9. The van der Waals surface area contributed by atoms with E-state index in [1.165, 1.54) is 38.5 Å². The second-order valence-corrected chi connectivity index (χ2v) is 5.74. The number of methoxy groups -OCH3 is 2. The van der Waals surface area contributed by atoms with Gasteiger partial charge in [0.05, 0.1) is 14.2 Å². The third-order valence-electron chi connectivity index (χ3n) is 3.84. The number of alkyl halides is 2. The second kappa shape index (κ2) is 10.8. The molecule has 156 valence electrons. The van der Waals surface area contributed by atoms with Crippen LogP contribution in [0.3, 0.4) is 0 Å². The minimum absolute atomic E-state index is 0.189. The molecule has 1 amide bonds. The van der Waals surface area contributed by atoms with E-state index in [1.807, 2.05) is 6.07 Å². The standard InChI is InChI=1S/C20H21F2NO6/c1-26-16-8-7-13(11-17(16)27-2)9-10-23-18(24)12-28-19(25)14-5-3-4-6-15(14)29-20(21)22/h3-8,11,20H,9-10,12H2,1-2H3,(H,23,24). The molecule has 0 aromatic heterocycles. The number of nitrogens with one attached hydrogen (secondary N) is 1. The summed E-state index contributed by atoms with van der Waals surface area (Å²) < 4.78 is 44.3. The fourth-order valence-electron chi connectivity index (χ4n) is 2.48. The van der Waals surface area contributed by atoms with Gasteiger partial charge in [-0.3, -0.25) is 4.79 Å². The van der Waals surface area contributed by atoms with Crippen LogP contribution in [0.5, 0.6) is 17.2 Å². The third-order valence-corrected chi connectivity index (χ3v) is 3.84. The highest BCUT2D eigenvalue weighted by molar-refractivity contribution is 5.93. The molecule has 2 aromatic rings. The van der Waals surface area contributed by atoms with E-state index < -0.39 is 25.1 Å². The first-order valence-corrected chi connectivity index (χ1v) is 8.63. The predicted molar refractivity (Wildman–Crippen MR) is 99.6 cm³/mol. The van der Waals surface area contributed by atoms with Crippen LogP contribution in [0.15, 0.2) is 42.5 Å². The van der Waals surface area contributed by atoms with E-state index in [0.29, 0.717) is 24.5 Å². The van der Waals surface area contributed by atoms with Crippen molar-refractivity contribution in [1.29, 1.82) is 0 Å². The monoisotopic (exact) mass is 409 g/mol. The number of rotatable bonds is 10.